The molecule has 2 heterocycles. The van der Waals surface area contributed by atoms with Crippen LogP contribution in [0.15, 0.2) is 17.8 Å². The average Bonchev–Trinajstić information content (AvgIpc) is 2.70. The molecule has 2 aromatic heterocycles. The standard InChI is InChI=1S/C7H8BN3O2S/c1-5-4-14-7(10-5)11-3-6(2-9-11)8(12)13/h2-4,12-13H,1H3. The fourth-order valence-electron chi connectivity index (χ4n) is 1.02. The Morgan fingerprint density at radius 2 is 2.29 bits per heavy atom. The third kappa shape index (κ3) is 1.70. The molecule has 72 valence electrons. The third-order valence-corrected chi connectivity index (χ3v) is 2.65. The maximum atomic E-state index is 8.87. The summed E-state index contributed by atoms with van der Waals surface area (Å²) in [4.78, 5) is 4.21. The highest BCUT2D eigenvalue weighted by atomic mass is 32.1. The van der Waals surface area contributed by atoms with Crippen LogP contribution in [0.3, 0.4) is 0 Å². The van der Waals surface area contributed by atoms with Crippen LogP contribution in [-0.2, 0) is 0 Å². The lowest BCUT2D eigenvalue weighted by atomic mass is 9.83. The lowest BCUT2D eigenvalue weighted by molar-refractivity contribution is 0.426. The maximum absolute atomic E-state index is 8.87. The molecular formula is C7H8BN3O2S. The SMILES string of the molecule is Cc1csc(-n2cc(B(O)O)cn2)n1. The van der Waals surface area contributed by atoms with Crippen molar-refractivity contribution in [3.63, 3.8) is 0 Å². The summed E-state index contributed by atoms with van der Waals surface area (Å²) in [5, 5.41) is 24.3. The van der Waals surface area contributed by atoms with Crippen molar-refractivity contribution in [2.45, 2.75) is 6.92 Å². The minimum Gasteiger partial charge on any atom is -0.423 e. The van der Waals surface area contributed by atoms with Crippen LogP contribution >= 0.6 is 11.3 Å². The van der Waals surface area contributed by atoms with Gasteiger partial charge in [-0.05, 0) is 6.92 Å². The van der Waals surface area contributed by atoms with Crippen molar-refractivity contribution in [1.29, 1.82) is 0 Å². The van der Waals surface area contributed by atoms with Gasteiger partial charge in [-0.15, -0.1) is 11.3 Å². The summed E-state index contributed by atoms with van der Waals surface area (Å²) in [6.07, 6.45) is 2.95. The monoisotopic (exact) mass is 209 g/mol. The van der Waals surface area contributed by atoms with E-state index in [4.69, 9.17) is 10.0 Å². The van der Waals surface area contributed by atoms with Crippen LogP contribution in [0.1, 0.15) is 5.69 Å². The first-order chi connectivity index (χ1) is 6.66. The summed E-state index contributed by atoms with van der Waals surface area (Å²) in [7, 11) is -1.48. The smallest absolute Gasteiger partial charge is 0.423 e. The quantitative estimate of drug-likeness (QED) is 0.642. The van der Waals surface area contributed by atoms with E-state index in [-0.39, 0.29) is 0 Å². The van der Waals surface area contributed by atoms with Crippen LogP contribution in [0, 0.1) is 6.92 Å². The summed E-state index contributed by atoms with van der Waals surface area (Å²) < 4.78 is 1.52. The third-order valence-electron chi connectivity index (χ3n) is 1.70. The molecule has 7 heteroatoms. The second-order valence-corrected chi connectivity index (χ2v) is 3.70. The summed E-state index contributed by atoms with van der Waals surface area (Å²) in [6, 6.07) is 0. The highest BCUT2D eigenvalue weighted by Crippen LogP contribution is 2.11. The molecule has 0 aromatic carbocycles. The highest BCUT2D eigenvalue weighted by molar-refractivity contribution is 7.12. The highest BCUT2D eigenvalue weighted by Gasteiger charge is 2.14. The van der Waals surface area contributed by atoms with Crippen molar-refractivity contribution in [2.24, 2.45) is 0 Å². The van der Waals surface area contributed by atoms with Crippen molar-refractivity contribution in [2.75, 3.05) is 0 Å². The zero-order valence-corrected chi connectivity index (χ0v) is 8.27. The second kappa shape index (κ2) is 3.53. The molecule has 2 rings (SSSR count). The van der Waals surface area contributed by atoms with Crippen molar-refractivity contribution >= 4 is 23.9 Å². The summed E-state index contributed by atoms with van der Waals surface area (Å²) in [6.45, 7) is 1.89. The van der Waals surface area contributed by atoms with E-state index in [9.17, 15) is 0 Å². The first-order valence-electron chi connectivity index (χ1n) is 4.00. The zero-order valence-electron chi connectivity index (χ0n) is 7.45. The molecule has 0 spiro atoms. The fraction of sp³-hybridized carbons (Fsp3) is 0.143. The molecule has 0 aliphatic heterocycles. The topological polar surface area (TPSA) is 71.2 Å². The molecule has 0 atom stereocenters. The van der Waals surface area contributed by atoms with Gasteiger partial charge in [0.1, 0.15) is 0 Å². The van der Waals surface area contributed by atoms with Gasteiger partial charge in [-0.1, -0.05) is 0 Å². The van der Waals surface area contributed by atoms with E-state index < -0.39 is 7.12 Å². The molecule has 14 heavy (non-hydrogen) atoms. The Balaban J connectivity index is 2.33. The van der Waals surface area contributed by atoms with E-state index in [1.54, 1.807) is 6.20 Å². The molecule has 0 aliphatic rings. The van der Waals surface area contributed by atoms with Gasteiger partial charge in [0, 0.05) is 23.2 Å². The van der Waals surface area contributed by atoms with Crippen molar-refractivity contribution < 1.29 is 10.0 Å². The molecule has 0 amide bonds. The van der Waals surface area contributed by atoms with Crippen LogP contribution in [0.25, 0.3) is 5.13 Å². The van der Waals surface area contributed by atoms with E-state index in [0.29, 0.717) is 5.46 Å². The van der Waals surface area contributed by atoms with Gasteiger partial charge < -0.3 is 10.0 Å². The van der Waals surface area contributed by atoms with Gasteiger partial charge in [0.05, 0.1) is 5.69 Å². The second-order valence-electron chi connectivity index (χ2n) is 2.86. The fourth-order valence-corrected chi connectivity index (χ4v) is 1.75. The number of hydrogen-bond donors (Lipinski definition) is 2. The molecule has 0 aliphatic carbocycles. The van der Waals surface area contributed by atoms with Gasteiger partial charge in [-0.2, -0.15) is 5.10 Å². The first-order valence-corrected chi connectivity index (χ1v) is 4.88. The molecule has 0 fully saturated rings. The van der Waals surface area contributed by atoms with Crippen molar-refractivity contribution in [1.82, 2.24) is 14.8 Å². The first kappa shape index (κ1) is 9.38. The lowest BCUT2D eigenvalue weighted by Crippen LogP contribution is -2.28. The van der Waals surface area contributed by atoms with Crippen LogP contribution in [-0.4, -0.2) is 31.9 Å². The van der Waals surface area contributed by atoms with Crippen LogP contribution in [0.2, 0.25) is 0 Å². The molecule has 0 bridgehead atoms. The van der Waals surface area contributed by atoms with Gasteiger partial charge in [-0.25, -0.2) is 9.67 Å². The molecule has 5 nitrogen and oxygen atoms in total. The van der Waals surface area contributed by atoms with Gasteiger partial charge in [-0.3, -0.25) is 0 Å². The normalized spacial score (nSPS) is 10.5. The van der Waals surface area contributed by atoms with Gasteiger partial charge in [0.2, 0.25) is 5.13 Å². The summed E-state index contributed by atoms with van der Waals surface area (Å²) >= 11 is 1.45. The maximum Gasteiger partial charge on any atom is 0.491 e. The van der Waals surface area contributed by atoms with Crippen molar-refractivity contribution in [3.05, 3.63) is 23.5 Å². The van der Waals surface area contributed by atoms with Gasteiger partial charge in [0.15, 0.2) is 0 Å². The number of aromatic nitrogens is 3. The Kier molecular flexibility index (Phi) is 2.36. The number of hydrogen-bond acceptors (Lipinski definition) is 5. The number of rotatable bonds is 2. The van der Waals surface area contributed by atoms with Gasteiger partial charge >= 0.3 is 7.12 Å². The Bertz CT molecular complexity index is 440. The molecule has 0 radical (unpaired) electrons. The molecule has 2 N–H and O–H groups in total. The summed E-state index contributed by atoms with van der Waals surface area (Å²) in [5.41, 5.74) is 1.28. The van der Waals surface area contributed by atoms with E-state index >= 15 is 0 Å². The Hall–Kier alpha value is -1.18. The minimum atomic E-state index is -1.48. The van der Waals surface area contributed by atoms with E-state index in [2.05, 4.69) is 10.1 Å². The van der Waals surface area contributed by atoms with Gasteiger partial charge in [0.25, 0.3) is 0 Å². The largest absolute Gasteiger partial charge is 0.491 e. The van der Waals surface area contributed by atoms with Crippen LogP contribution in [0.4, 0.5) is 0 Å². The molecule has 0 saturated carbocycles. The van der Waals surface area contributed by atoms with E-state index in [1.807, 2.05) is 12.3 Å². The minimum absolute atomic E-state index is 0.359. The van der Waals surface area contributed by atoms with Crippen molar-refractivity contribution in [3.8, 4) is 5.13 Å². The number of nitrogens with zero attached hydrogens (tertiary/aromatic N) is 3. The average molecular weight is 209 g/mol. The number of thiazole rings is 1. The van der Waals surface area contributed by atoms with Crippen LogP contribution < -0.4 is 5.46 Å². The Morgan fingerprint density at radius 1 is 1.50 bits per heavy atom. The molecule has 0 saturated heterocycles. The molecule has 0 unspecified atom stereocenters. The Labute approximate surface area is 84.8 Å². The van der Waals surface area contributed by atoms with E-state index in [1.165, 1.54) is 22.2 Å². The molecular weight excluding hydrogens is 201 g/mol. The van der Waals surface area contributed by atoms with Crippen LogP contribution in [0.5, 0.6) is 0 Å². The number of aryl methyl sites for hydroxylation is 1. The predicted molar refractivity (Wildman–Crippen MR) is 53.8 cm³/mol. The summed E-state index contributed by atoms with van der Waals surface area (Å²) in [5.74, 6) is 0. The van der Waals surface area contributed by atoms with E-state index in [0.717, 1.165) is 10.8 Å². The lowest BCUT2D eigenvalue weighted by Gasteiger charge is -1.92. The Morgan fingerprint density at radius 3 is 2.79 bits per heavy atom. The molecule has 2 aromatic rings. The predicted octanol–water partition coefficient (Wildman–Crippen LogP) is -0.683. The zero-order chi connectivity index (χ0) is 10.1.